The van der Waals surface area contributed by atoms with Crippen molar-refractivity contribution < 1.29 is 18.0 Å². The van der Waals surface area contributed by atoms with Gasteiger partial charge in [0.05, 0.1) is 11.4 Å². The second kappa shape index (κ2) is 8.08. The van der Waals surface area contributed by atoms with Crippen molar-refractivity contribution in [2.45, 2.75) is 11.4 Å². The lowest BCUT2D eigenvalue weighted by molar-refractivity contribution is -0.122. The lowest BCUT2D eigenvalue weighted by atomic mass is 10.1. The molecule has 30 heavy (non-hydrogen) atoms. The maximum atomic E-state index is 13.1. The summed E-state index contributed by atoms with van der Waals surface area (Å²) < 4.78 is 26.7. The number of amides is 2. The molecule has 158 valence electrons. The number of anilines is 1. The number of sulfonamides is 1. The van der Waals surface area contributed by atoms with Crippen molar-refractivity contribution >= 4 is 27.5 Å². The summed E-state index contributed by atoms with van der Waals surface area (Å²) in [6.07, 6.45) is 0. The fourth-order valence-corrected chi connectivity index (χ4v) is 5.18. The summed E-state index contributed by atoms with van der Waals surface area (Å²) in [5.41, 5.74) is 2.63. The third-order valence-corrected chi connectivity index (χ3v) is 7.36. The van der Waals surface area contributed by atoms with Crippen LogP contribution in [-0.2, 0) is 21.4 Å². The number of benzene rings is 2. The van der Waals surface area contributed by atoms with Crippen LogP contribution in [0.3, 0.4) is 0 Å². The number of fused-ring (bicyclic) bond motifs is 1. The molecule has 0 atom stereocenters. The molecule has 2 amide bonds. The predicted molar refractivity (Wildman–Crippen MR) is 113 cm³/mol. The molecule has 2 aliphatic heterocycles. The van der Waals surface area contributed by atoms with E-state index in [0.29, 0.717) is 31.7 Å². The van der Waals surface area contributed by atoms with Crippen LogP contribution in [0.1, 0.15) is 15.9 Å². The molecular weight excluding hydrogens is 404 g/mol. The number of rotatable bonds is 3. The highest BCUT2D eigenvalue weighted by Crippen LogP contribution is 2.25. The summed E-state index contributed by atoms with van der Waals surface area (Å²) in [5, 5.41) is 2.61. The third kappa shape index (κ3) is 3.90. The van der Waals surface area contributed by atoms with Gasteiger partial charge in [0.15, 0.2) is 0 Å². The molecule has 0 saturated carbocycles. The number of nitrogens with zero attached hydrogens (tertiary/aromatic N) is 3. The Balaban J connectivity index is 1.53. The molecule has 0 aliphatic carbocycles. The van der Waals surface area contributed by atoms with Crippen LogP contribution in [-0.4, -0.2) is 69.2 Å². The molecule has 0 bridgehead atoms. The van der Waals surface area contributed by atoms with Gasteiger partial charge in [-0.1, -0.05) is 18.2 Å². The fraction of sp³-hybridized carbons (Fsp3) is 0.333. The van der Waals surface area contributed by atoms with E-state index in [0.717, 1.165) is 15.6 Å². The van der Waals surface area contributed by atoms with Gasteiger partial charge in [-0.3, -0.25) is 9.59 Å². The molecule has 1 fully saturated rings. The number of carbonyl (C=O) groups is 2. The zero-order valence-electron chi connectivity index (χ0n) is 16.7. The van der Waals surface area contributed by atoms with Gasteiger partial charge in [-0.2, -0.15) is 4.31 Å². The summed E-state index contributed by atoms with van der Waals surface area (Å²) in [7, 11) is -1.77. The van der Waals surface area contributed by atoms with Crippen LogP contribution in [0.15, 0.2) is 53.4 Å². The van der Waals surface area contributed by atoms with E-state index in [2.05, 4.69) is 10.2 Å². The van der Waals surface area contributed by atoms with Gasteiger partial charge in [0.1, 0.15) is 0 Å². The summed E-state index contributed by atoms with van der Waals surface area (Å²) in [5.74, 6) is -0.454. The van der Waals surface area contributed by atoms with Crippen LogP contribution < -0.4 is 10.2 Å². The van der Waals surface area contributed by atoms with Gasteiger partial charge in [-0.05, 0) is 35.9 Å². The first-order valence-corrected chi connectivity index (χ1v) is 11.3. The van der Waals surface area contributed by atoms with Crippen molar-refractivity contribution in [1.29, 1.82) is 0 Å². The van der Waals surface area contributed by atoms with Crippen molar-refractivity contribution in [2.75, 3.05) is 44.7 Å². The van der Waals surface area contributed by atoms with Crippen molar-refractivity contribution in [3.63, 3.8) is 0 Å². The van der Waals surface area contributed by atoms with Crippen LogP contribution in [0.4, 0.5) is 5.69 Å². The minimum atomic E-state index is -3.77. The SMILES string of the molecule is CN1CCN(C(=O)c2ccc(S(=O)(=O)N3CCNC(=O)C3)cc2)Cc2ccccc21. The van der Waals surface area contributed by atoms with E-state index < -0.39 is 10.0 Å². The summed E-state index contributed by atoms with van der Waals surface area (Å²) >= 11 is 0. The molecule has 0 aromatic heterocycles. The third-order valence-electron chi connectivity index (χ3n) is 5.50. The molecule has 2 aromatic rings. The van der Waals surface area contributed by atoms with Gasteiger partial charge in [-0.15, -0.1) is 0 Å². The zero-order valence-corrected chi connectivity index (χ0v) is 17.6. The number of likely N-dealkylation sites (N-methyl/N-ethyl adjacent to an activating group) is 1. The van der Waals surface area contributed by atoms with Crippen molar-refractivity contribution in [3.8, 4) is 0 Å². The van der Waals surface area contributed by atoms with Crippen LogP contribution in [0.25, 0.3) is 0 Å². The first-order valence-electron chi connectivity index (χ1n) is 9.81. The van der Waals surface area contributed by atoms with E-state index in [1.54, 1.807) is 17.0 Å². The molecule has 4 rings (SSSR count). The van der Waals surface area contributed by atoms with Crippen molar-refractivity contribution in [2.24, 2.45) is 0 Å². The molecule has 2 aliphatic rings. The Bertz CT molecular complexity index is 1070. The van der Waals surface area contributed by atoms with Gasteiger partial charge in [0.25, 0.3) is 5.91 Å². The fourth-order valence-electron chi connectivity index (χ4n) is 3.79. The van der Waals surface area contributed by atoms with E-state index >= 15 is 0 Å². The zero-order chi connectivity index (χ0) is 21.3. The molecule has 0 unspecified atom stereocenters. The van der Waals surface area contributed by atoms with Crippen LogP contribution in [0.5, 0.6) is 0 Å². The Kier molecular flexibility index (Phi) is 5.48. The van der Waals surface area contributed by atoms with Gasteiger partial charge < -0.3 is 15.1 Å². The Morgan fingerprint density at radius 2 is 1.70 bits per heavy atom. The van der Waals surface area contributed by atoms with Crippen molar-refractivity contribution in [1.82, 2.24) is 14.5 Å². The number of piperazine rings is 1. The molecule has 0 spiro atoms. The van der Waals surface area contributed by atoms with Gasteiger partial charge >= 0.3 is 0 Å². The standard InChI is InChI=1S/C21H24N4O4S/c1-23-12-13-24(14-17-4-2-3-5-19(17)23)21(27)16-6-8-18(9-7-16)30(28,29)25-11-10-22-20(26)15-25/h2-9H,10-15H2,1H3,(H,22,26). The van der Waals surface area contributed by atoms with Crippen LogP contribution in [0.2, 0.25) is 0 Å². The Hall–Kier alpha value is -2.91. The Morgan fingerprint density at radius 1 is 0.967 bits per heavy atom. The maximum Gasteiger partial charge on any atom is 0.254 e. The van der Waals surface area contributed by atoms with E-state index in [4.69, 9.17) is 0 Å². The molecule has 2 heterocycles. The lowest BCUT2D eigenvalue weighted by Gasteiger charge is -2.26. The lowest BCUT2D eigenvalue weighted by Crippen LogP contribution is -2.49. The normalized spacial score (nSPS) is 17.8. The smallest absolute Gasteiger partial charge is 0.254 e. The highest BCUT2D eigenvalue weighted by molar-refractivity contribution is 7.89. The summed E-state index contributed by atoms with van der Waals surface area (Å²) in [6.45, 7) is 2.13. The van der Waals surface area contributed by atoms with E-state index in [1.165, 1.54) is 12.1 Å². The monoisotopic (exact) mass is 428 g/mol. The molecule has 9 heteroatoms. The van der Waals surface area contributed by atoms with E-state index in [-0.39, 0.29) is 29.8 Å². The quantitative estimate of drug-likeness (QED) is 0.785. The van der Waals surface area contributed by atoms with Gasteiger partial charge in [0, 0.05) is 51.0 Å². The molecule has 1 N–H and O–H groups in total. The van der Waals surface area contributed by atoms with Crippen molar-refractivity contribution in [3.05, 3.63) is 59.7 Å². The van der Waals surface area contributed by atoms with Gasteiger partial charge in [0.2, 0.25) is 15.9 Å². The second-order valence-corrected chi connectivity index (χ2v) is 9.43. The average Bonchev–Trinajstić information content (AvgIpc) is 2.92. The summed E-state index contributed by atoms with van der Waals surface area (Å²) in [6, 6.07) is 14.0. The van der Waals surface area contributed by atoms with E-state index in [9.17, 15) is 18.0 Å². The highest BCUT2D eigenvalue weighted by Gasteiger charge is 2.29. The average molecular weight is 429 g/mol. The topological polar surface area (TPSA) is 90.0 Å². The van der Waals surface area contributed by atoms with E-state index in [1.807, 2.05) is 31.3 Å². The second-order valence-electron chi connectivity index (χ2n) is 7.49. The van der Waals surface area contributed by atoms with Crippen LogP contribution >= 0.6 is 0 Å². The maximum absolute atomic E-state index is 13.1. The highest BCUT2D eigenvalue weighted by atomic mass is 32.2. The largest absolute Gasteiger partial charge is 0.373 e. The minimum Gasteiger partial charge on any atom is -0.373 e. The molecule has 1 saturated heterocycles. The summed E-state index contributed by atoms with van der Waals surface area (Å²) in [4.78, 5) is 28.6. The molecule has 8 nitrogen and oxygen atoms in total. The van der Waals surface area contributed by atoms with Crippen LogP contribution in [0, 0.1) is 0 Å². The minimum absolute atomic E-state index is 0.0784. The number of para-hydroxylation sites is 1. The Labute approximate surface area is 176 Å². The predicted octanol–water partition coefficient (Wildman–Crippen LogP) is 0.899. The molecular formula is C21H24N4O4S. The first-order chi connectivity index (χ1) is 14.4. The Morgan fingerprint density at radius 3 is 2.43 bits per heavy atom. The van der Waals surface area contributed by atoms with Gasteiger partial charge in [-0.25, -0.2) is 8.42 Å². The number of hydrogen-bond acceptors (Lipinski definition) is 5. The first kappa shape index (κ1) is 20.4. The molecule has 0 radical (unpaired) electrons. The number of hydrogen-bond donors (Lipinski definition) is 1. The number of carbonyl (C=O) groups excluding carboxylic acids is 2. The molecule has 2 aromatic carbocycles. The number of nitrogens with one attached hydrogen (secondary N) is 1.